The lowest BCUT2D eigenvalue weighted by Gasteiger charge is -2.37. The van der Waals surface area contributed by atoms with Gasteiger partial charge in [0, 0.05) is 26.2 Å². The summed E-state index contributed by atoms with van der Waals surface area (Å²) >= 11 is 1.01. The summed E-state index contributed by atoms with van der Waals surface area (Å²) in [4.78, 5) is 15.1. The average molecular weight is 423 g/mol. The van der Waals surface area contributed by atoms with Crippen molar-refractivity contribution in [2.75, 3.05) is 20.1 Å². The van der Waals surface area contributed by atoms with Crippen molar-refractivity contribution < 1.29 is 13.2 Å². The Morgan fingerprint density at radius 3 is 2.71 bits per heavy atom. The molecule has 1 unspecified atom stereocenters. The third-order valence-electron chi connectivity index (χ3n) is 6.07. The lowest BCUT2D eigenvalue weighted by molar-refractivity contribution is -0.138. The molecule has 0 spiro atoms. The van der Waals surface area contributed by atoms with Crippen molar-refractivity contribution in [2.24, 2.45) is 5.92 Å². The fraction of sp³-hybridized carbons (Fsp3) is 0.632. The molecule has 1 saturated carbocycles. The lowest BCUT2D eigenvalue weighted by Crippen LogP contribution is -2.48. The normalized spacial score (nSPS) is 22.4. The Kier molecular flexibility index (Phi) is 5.66. The highest BCUT2D eigenvalue weighted by Crippen LogP contribution is 2.30. The Morgan fingerprint density at radius 2 is 1.93 bits per heavy atom. The van der Waals surface area contributed by atoms with Gasteiger partial charge in [-0.2, -0.15) is 13.1 Å². The Hall–Kier alpha value is -1.58. The highest BCUT2D eigenvalue weighted by atomic mass is 32.2. The molecule has 0 radical (unpaired) electrons. The molecule has 1 saturated heterocycles. The summed E-state index contributed by atoms with van der Waals surface area (Å²) in [6.07, 6.45) is 7.11. The largest absolute Gasteiger partial charge is 0.342 e. The molecule has 1 aromatic heterocycles. The van der Waals surface area contributed by atoms with Crippen LogP contribution in [0.1, 0.15) is 44.9 Å². The van der Waals surface area contributed by atoms with Crippen LogP contribution in [0.3, 0.4) is 0 Å². The van der Waals surface area contributed by atoms with E-state index in [4.69, 9.17) is 0 Å². The number of carbonyl (C=O) groups is 1. The summed E-state index contributed by atoms with van der Waals surface area (Å²) in [6, 6.07) is 5.33. The first-order chi connectivity index (χ1) is 13.5. The number of fused-ring (bicyclic) bond motifs is 1. The molecule has 4 rings (SSSR count). The summed E-state index contributed by atoms with van der Waals surface area (Å²) in [5, 5.41) is 0. The van der Waals surface area contributed by atoms with E-state index in [1.54, 1.807) is 18.2 Å². The zero-order valence-corrected chi connectivity index (χ0v) is 17.7. The second kappa shape index (κ2) is 8.04. The minimum absolute atomic E-state index is 0.0836. The maximum atomic E-state index is 13.3. The third kappa shape index (κ3) is 3.67. The Balaban J connectivity index is 1.53. The minimum atomic E-state index is -3.71. The van der Waals surface area contributed by atoms with Crippen LogP contribution < -0.4 is 0 Å². The molecular formula is C19H26N4O3S2. The van der Waals surface area contributed by atoms with Crippen LogP contribution in [-0.2, 0) is 14.8 Å². The lowest BCUT2D eigenvalue weighted by atomic mass is 9.92. The number of amides is 1. The van der Waals surface area contributed by atoms with E-state index in [-0.39, 0.29) is 23.3 Å². The van der Waals surface area contributed by atoms with Crippen LogP contribution in [0.25, 0.3) is 11.0 Å². The number of carbonyl (C=O) groups excluding carboxylic acids is 1. The van der Waals surface area contributed by atoms with Crippen molar-refractivity contribution in [1.29, 1.82) is 0 Å². The van der Waals surface area contributed by atoms with Gasteiger partial charge >= 0.3 is 0 Å². The highest BCUT2D eigenvalue weighted by molar-refractivity contribution is 7.89. The van der Waals surface area contributed by atoms with E-state index in [0.29, 0.717) is 30.0 Å². The van der Waals surface area contributed by atoms with Gasteiger partial charge in [-0.05, 0) is 37.8 Å². The first-order valence-corrected chi connectivity index (χ1v) is 12.1. The van der Waals surface area contributed by atoms with Crippen molar-refractivity contribution in [1.82, 2.24) is 18.0 Å². The summed E-state index contributed by atoms with van der Waals surface area (Å²) in [5.41, 5.74) is 1.01. The molecule has 1 aromatic carbocycles. The van der Waals surface area contributed by atoms with Gasteiger partial charge in [0.1, 0.15) is 15.9 Å². The van der Waals surface area contributed by atoms with Gasteiger partial charge in [0.05, 0.1) is 17.6 Å². The number of benzene rings is 1. The van der Waals surface area contributed by atoms with Gasteiger partial charge in [-0.25, -0.2) is 8.42 Å². The van der Waals surface area contributed by atoms with E-state index >= 15 is 0 Å². The van der Waals surface area contributed by atoms with Gasteiger partial charge in [0.2, 0.25) is 15.9 Å². The van der Waals surface area contributed by atoms with E-state index in [9.17, 15) is 13.2 Å². The van der Waals surface area contributed by atoms with Gasteiger partial charge in [0.15, 0.2) is 0 Å². The molecule has 1 atom stereocenters. The average Bonchev–Trinajstić information content (AvgIpc) is 3.22. The molecule has 2 fully saturated rings. The second-order valence-electron chi connectivity index (χ2n) is 7.83. The molecule has 28 heavy (non-hydrogen) atoms. The Labute approximate surface area is 170 Å². The van der Waals surface area contributed by atoms with Crippen LogP contribution in [0.2, 0.25) is 0 Å². The number of hydrogen-bond donors (Lipinski definition) is 0. The number of nitrogens with zero attached hydrogens (tertiary/aromatic N) is 4. The molecule has 9 heteroatoms. The molecule has 2 aromatic rings. The molecule has 7 nitrogen and oxygen atoms in total. The number of piperidine rings is 1. The highest BCUT2D eigenvalue weighted by Gasteiger charge is 2.36. The van der Waals surface area contributed by atoms with Crippen molar-refractivity contribution in [3.8, 4) is 0 Å². The molecule has 1 aliphatic carbocycles. The van der Waals surface area contributed by atoms with Crippen LogP contribution in [0.5, 0.6) is 0 Å². The monoisotopic (exact) mass is 422 g/mol. The van der Waals surface area contributed by atoms with E-state index in [2.05, 4.69) is 8.75 Å². The SMILES string of the molecule is CN(C(=O)C1CCCN(S(=O)(=O)c2cccc3nsnc23)C1)C1CCCCC1. The summed E-state index contributed by atoms with van der Waals surface area (Å²) in [5.74, 6) is -0.191. The van der Waals surface area contributed by atoms with Gasteiger partial charge in [-0.3, -0.25) is 4.79 Å². The van der Waals surface area contributed by atoms with Gasteiger partial charge in [-0.1, -0.05) is 25.3 Å². The van der Waals surface area contributed by atoms with Crippen molar-refractivity contribution in [3.63, 3.8) is 0 Å². The van der Waals surface area contributed by atoms with Crippen molar-refractivity contribution in [2.45, 2.75) is 55.9 Å². The fourth-order valence-corrected chi connectivity index (χ4v) is 6.70. The fourth-order valence-electron chi connectivity index (χ4n) is 4.43. The summed E-state index contributed by atoms with van der Waals surface area (Å²) in [7, 11) is -1.83. The first kappa shape index (κ1) is 19.7. The van der Waals surface area contributed by atoms with E-state index in [0.717, 1.165) is 31.0 Å². The van der Waals surface area contributed by atoms with Crippen LogP contribution in [-0.4, -0.2) is 58.5 Å². The quantitative estimate of drug-likeness (QED) is 0.756. The zero-order chi connectivity index (χ0) is 19.7. The Morgan fingerprint density at radius 1 is 1.14 bits per heavy atom. The topological polar surface area (TPSA) is 83.5 Å². The standard InChI is InChI=1S/C19H26N4O3S2/c1-22(15-8-3-2-4-9-15)19(24)14-7-6-12-23(13-14)28(25,26)17-11-5-10-16-18(17)21-27-20-16/h5,10-11,14-15H,2-4,6-9,12-13H2,1H3. The van der Waals surface area contributed by atoms with Gasteiger partial charge < -0.3 is 4.90 Å². The van der Waals surface area contributed by atoms with Crippen LogP contribution in [0, 0.1) is 5.92 Å². The molecular weight excluding hydrogens is 396 g/mol. The maximum Gasteiger partial charge on any atom is 0.245 e. The van der Waals surface area contributed by atoms with E-state index in [1.165, 1.54) is 23.6 Å². The molecule has 1 aliphatic heterocycles. The van der Waals surface area contributed by atoms with Crippen molar-refractivity contribution >= 4 is 38.7 Å². The number of sulfonamides is 1. The molecule has 0 bridgehead atoms. The van der Waals surface area contributed by atoms with Gasteiger partial charge in [-0.15, -0.1) is 0 Å². The first-order valence-electron chi connectivity index (χ1n) is 9.96. The van der Waals surface area contributed by atoms with Crippen LogP contribution >= 0.6 is 11.7 Å². The number of rotatable bonds is 4. The number of aromatic nitrogens is 2. The summed E-state index contributed by atoms with van der Waals surface area (Å²) in [6.45, 7) is 0.680. The van der Waals surface area contributed by atoms with Crippen LogP contribution in [0.15, 0.2) is 23.1 Å². The van der Waals surface area contributed by atoms with Gasteiger partial charge in [0.25, 0.3) is 0 Å². The Bertz CT molecular complexity index is 953. The smallest absolute Gasteiger partial charge is 0.245 e. The minimum Gasteiger partial charge on any atom is -0.342 e. The maximum absolute atomic E-state index is 13.3. The third-order valence-corrected chi connectivity index (χ3v) is 8.51. The summed E-state index contributed by atoms with van der Waals surface area (Å²) < 4.78 is 36.3. The molecule has 0 N–H and O–H groups in total. The molecule has 2 heterocycles. The van der Waals surface area contributed by atoms with Crippen LogP contribution in [0.4, 0.5) is 0 Å². The van der Waals surface area contributed by atoms with E-state index in [1.807, 2.05) is 11.9 Å². The second-order valence-corrected chi connectivity index (χ2v) is 10.3. The van der Waals surface area contributed by atoms with Crippen molar-refractivity contribution in [3.05, 3.63) is 18.2 Å². The molecule has 152 valence electrons. The zero-order valence-electron chi connectivity index (χ0n) is 16.1. The van der Waals surface area contributed by atoms with E-state index < -0.39 is 10.0 Å². The molecule has 2 aliphatic rings. The predicted molar refractivity (Wildman–Crippen MR) is 109 cm³/mol. The predicted octanol–water partition coefficient (Wildman–Crippen LogP) is 2.88. The molecule has 1 amide bonds. The number of hydrogen-bond acceptors (Lipinski definition) is 6.